The molecule has 0 amide bonds. The van der Waals surface area contributed by atoms with E-state index in [4.69, 9.17) is 4.74 Å². The van der Waals surface area contributed by atoms with E-state index in [1.165, 1.54) is 4.57 Å². The largest absolute Gasteiger partial charge is 0.497 e. The number of aromatic nitrogens is 1. The smallest absolute Gasteiger partial charge is 0.261 e. The van der Waals surface area contributed by atoms with Crippen LogP contribution >= 0.6 is 0 Å². The highest BCUT2D eigenvalue weighted by molar-refractivity contribution is 6.02. The van der Waals surface area contributed by atoms with Gasteiger partial charge in [-0.2, -0.15) is 0 Å². The molecule has 29 heavy (non-hydrogen) atoms. The summed E-state index contributed by atoms with van der Waals surface area (Å²) in [7, 11) is 1.56. The summed E-state index contributed by atoms with van der Waals surface area (Å²) in [4.78, 5) is 17.6. The maximum atomic E-state index is 13.2. The zero-order valence-electron chi connectivity index (χ0n) is 15.9. The number of aromatic hydroxyl groups is 1. The molecule has 0 atom stereocenters. The minimum absolute atomic E-state index is 0.115. The van der Waals surface area contributed by atoms with Crippen molar-refractivity contribution in [2.75, 3.05) is 7.11 Å². The number of rotatable bonds is 5. The van der Waals surface area contributed by atoms with Crippen LogP contribution in [0, 0.1) is 0 Å². The van der Waals surface area contributed by atoms with E-state index in [-0.39, 0.29) is 18.0 Å². The van der Waals surface area contributed by atoms with Gasteiger partial charge in [0.2, 0.25) is 5.88 Å². The number of fused-ring (bicyclic) bond motifs is 1. The Morgan fingerprint density at radius 3 is 2.34 bits per heavy atom. The number of nitrogens with zero attached hydrogens (tertiary/aromatic N) is 2. The van der Waals surface area contributed by atoms with E-state index in [1.54, 1.807) is 31.5 Å². The molecule has 3 aromatic carbocycles. The Morgan fingerprint density at radius 1 is 0.966 bits per heavy atom. The molecule has 0 saturated carbocycles. The number of hydrogen-bond donors (Lipinski definition) is 1. The van der Waals surface area contributed by atoms with E-state index in [1.807, 2.05) is 60.7 Å². The molecule has 0 aliphatic carbocycles. The van der Waals surface area contributed by atoms with Crippen molar-refractivity contribution < 1.29 is 9.84 Å². The zero-order valence-corrected chi connectivity index (χ0v) is 15.9. The van der Waals surface area contributed by atoms with E-state index in [9.17, 15) is 9.90 Å². The standard InChI is InChI=1S/C24H20N2O3/c1-29-19-12-13-20-21(14-19)23(27)26(16-17-8-4-2-5-9-17)24(28)22(20)15-25-18-10-6-3-7-11-18/h2-15,28H,16H2,1H3. The predicted octanol–water partition coefficient (Wildman–Crippen LogP) is 4.51. The van der Waals surface area contributed by atoms with Gasteiger partial charge in [-0.1, -0.05) is 48.5 Å². The van der Waals surface area contributed by atoms with Gasteiger partial charge >= 0.3 is 0 Å². The van der Waals surface area contributed by atoms with E-state index in [0.29, 0.717) is 22.1 Å². The van der Waals surface area contributed by atoms with Crippen molar-refractivity contribution in [1.29, 1.82) is 0 Å². The molecule has 5 nitrogen and oxygen atoms in total. The Bertz CT molecular complexity index is 1230. The molecular weight excluding hydrogens is 364 g/mol. The summed E-state index contributed by atoms with van der Waals surface area (Å²) in [6.45, 7) is 0.255. The van der Waals surface area contributed by atoms with Crippen molar-refractivity contribution in [3.8, 4) is 11.6 Å². The van der Waals surface area contributed by atoms with Gasteiger partial charge in [0.15, 0.2) is 0 Å². The van der Waals surface area contributed by atoms with Crippen LogP contribution in [0.3, 0.4) is 0 Å². The zero-order chi connectivity index (χ0) is 20.2. The second kappa shape index (κ2) is 8.02. The average molecular weight is 384 g/mol. The van der Waals surface area contributed by atoms with Crippen molar-refractivity contribution in [3.63, 3.8) is 0 Å². The number of methoxy groups -OCH3 is 1. The molecule has 1 N–H and O–H groups in total. The summed E-state index contributed by atoms with van der Waals surface area (Å²) >= 11 is 0. The minimum atomic E-state index is -0.280. The van der Waals surface area contributed by atoms with Gasteiger partial charge in [0.25, 0.3) is 5.56 Å². The second-order valence-electron chi connectivity index (χ2n) is 6.62. The first-order chi connectivity index (χ1) is 14.2. The summed E-state index contributed by atoms with van der Waals surface area (Å²) in [5, 5.41) is 12.1. The molecule has 4 rings (SSSR count). The van der Waals surface area contributed by atoms with Gasteiger partial charge in [-0.05, 0) is 35.9 Å². The van der Waals surface area contributed by atoms with Gasteiger partial charge in [0, 0.05) is 11.6 Å². The molecular formula is C24H20N2O3. The van der Waals surface area contributed by atoms with Gasteiger partial charge in [-0.25, -0.2) is 0 Å². The van der Waals surface area contributed by atoms with Crippen molar-refractivity contribution in [2.24, 2.45) is 4.99 Å². The number of aliphatic imine (C=N–C) groups is 1. The van der Waals surface area contributed by atoms with Crippen molar-refractivity contribution >= 4 is 22.7 Å². The van der Waals surface area contributed by atoms with Gasteiger partial charge < -0.3 is 9.84 Å². The van der Waals surface area contributed by atoms with Crippen LogP contribution in [0.2, 0.25) is 0 Å². The topological polar surface area (TPSA) is 63.8 Å². The lowest BCUT2D eigenvalue weighted by molar-refractivity contribution is 0.413. The Hall–Kier alpha value is -3.86. The number of hydrogen-bond acceptors (Lipinski definition) is 4. The number of para-hydroxylation sites is 1. The first-order valence-electron chi connectivity index (χ1n) is 9.24. The van der Waals surface area contributed by atoms with E-state index in [0.717, 1.165) is 11.3 Å². The summed E-state index contributed by atoms with van der Waals surface area (Å²) in [6, 6.07) is 24.2. The monoisotopic (exact) mass is 384 g/mol. The third-order valence-electron chi connectivity index (χ3n) is 4.77. The maximum absolute atomic E-state index is 13.2. The van der Waals surface area contributed by atoms with Crippen LogP contribution in [0.25, 0.3) is 10.8 Å². The minimum Gasteiger partial charge on any atom is -0.497 e. The lowest BCUT2D eigenvalue weighted by atomic mass is 10.1. The molecule has 0 aliphatic heterocycles. The SMILES string of the molecule is COc1ccc2c(C=Nc3ccccc3)c(O)n(Cc3ccccc3)c(=O)c2c1. The van der Waals surface area contributed by atoms with E-state index >= 15 is 0 Å². The third kappa shape index (κ3) is 3.75. The molecule has 144 valence electrons. The summed E-state index contributed by atoms with van der Waals surface area (Å²) in [5.74, 6) is 0.466. The second-order valence-corrected chi connectivity index (χ2v) is 6.62. The fourth-order valence-electron chi connectivity index (χ4n) is 3.26. The van der Waals surface area contributed by atoms with Crippen molar-refractivity contribution in [2.45, 2.75) is 6.54 Å². The third-order valence-corrected chi connectivity index (χ3v) is 4.77. The quantitative estimate of drug-likeness (QED) is 0.515. The first-order valence-corrected chi connectivity index (χ1v) is 9.24. The van der Waals surface area contributed by atoms with Gasteiger partial charge in [0.05, 0.1) is 30.3 Å². The molecule has 4 aromatic rings. The molecule has 0 unspecified atom stereocenters. The Balaban J connectivity index is 1.92. The van der Waals surface area contributed by atoms with Crippen LogP contribution in [0.15, 0.2) is 88.6 Å². The van der Waals surface area contributed by atoms with E-state index in [2.05, 4.69) is 4.99 Å². The highest BCUT2D eigenvalue weighted by atomic mass is 16.5. The highest BCUT2D eigenvalue weighted by Gasteiger charge is 2.16. The molecule has 0 saturated heterocycles. The number of pyridine rings is 1. The van der Waals surface area contributed by atoms with Crippen LogP contribution in [0.5, 0.6) is 11.6 Å². The molecule has 5 heteroatoms. The first kappa shape index (κ1) is 18.5. The average Bonchev–Trinajstić information content (AvgIpc) is 2.78. The summed E-state index contributed by atoms with van der Waals surface area (Å²) in [5.41, 5.74) is 1.88. The van der Waals surface area contributed by atoms with Gasteiger partial charge in [0.1, 0.15) is 5.75 Å². The fraction of sp³-hybridized carbons (Fsp3) is 0.0833. The molecule has 1 heterocycles. The van der Waals surface area contributed by atoms with Gasteiger partial charge in [-0.15, -0.1) is 0 Å². The number of benzene rings is 3. The fourth-order valence-corrected chi connectivity index (χ4v) is 3.26. The van der Waals surface area contributed by atoms with Crippen LogP contribution in [0.4, 0.5) is 5.69 Å². The Kier molecular flexibility index (Phi) is 5.12. The maximum Gasteiger partial charge on any atom is 0.261 e. The van der Waals surface area contributed by atoms with Crippen LogP contribution in [0.1, 0.15) is 11.1 Å². The molecule has 0 bridgehead atoms. The van der Waals surface area contributed by atoms with Crippen molar-refractivity contribution in [3.05, 3.63) is 100 Å². The van der Waals surface area contributed by atoms with Crippen LogP contribution in [-0.2, 0) is 6.54 Å². The predicted molar refractivity (Wildman–Crippen MR) is 116 cm³/mol. The lowest BCUT2D eigenvalue weighted by Gasteiger charge is -2.14. The van der Waals surface area contributed by atoms with E-state index < -0.39 is 0 Å². The molecule has 0 radical (unpaired) electrons. The number of ether oxygens (including phenoxy) is 1. The van der Waals surface area contributed by atoms with Crippen molar-refractivity contribution in [1.82, 2.24) is 4.57 Å². The molecule has 0 spiro atoms. The van der Waals surface area contributed by atoms with Crippen LogP contribution < -0.4 is 10.3 Å². The summed E-state index contributed by atoms with van der Waals surface area (Å²) < 4.78 is 6.66. The summed E-state index contributed by atoms with van der Waals surface area (Å²) in [6.07, 6.45) is 1.60. The molecule has 0 aliphatic rings. The Labute approximate surface area is 168 Å². The van der Waals surface area contributed by atoms with Gasteiger partial charge in [-0.3, -0.25) is 14.4 Å². The highest BCUT2D eigenvalue weighted by Crippen LogP contribution is 2.27. The normalized spacial score (nSPS) is 11.2. The van der Waals surface area contributed by atoms with Crippen LogP contribution in [-0.4, -0.2) is 23.0 Å². The molecule has 1 aromatic heterocycles. The lowest BCUT2D eigenvalue weighted by Crippen LogP contribution is -2.22. The Morgan fingerprint density at radius 2 is 1.66 bits per heavy atom. The molecule has 0 fully saturated rings.